The van der Waals surface area contributed by atoms with Crippen molar-refractivity contribution in [3.05, 3.63) is 121 Å². The standard InChI is InChI=1S/C35H40P2/c1-5-17-30(18-6-1)36(34-25-13-14-26-34,31-19-7-2-8-20-31)29-37(35-27-15-16-28-35,32-21-9-3-10-22-32)33-23-11-4-12-24-33/h1-12,17-24,34-35H,13-16,25-29H2/q+2. The first-order valence-corrected chi connectivity index (χ1v) is 18.4. The van der Waals surface area contributed by atoms with Crippen LogP contribution >= 0.6 is 14.5 Å². The Kier molecular flexibility index (Phi) is 7.60. The summed E-state index contributed by atoms with van der Waals surface area (Å²) >= 11 is 0. The molecule has 0 amide bonds. The van der Waals surface area contributed by atoms with Crippen molar-refractivity contribution in [2.24, 2.45) is 0 Å². The van der Waals surface area contributed by atoms with Gasteiger partial charge in [-0.3, -0.25) is 0 Å². The molecule has 188 valence electrons. The highest BCUT2D eigenvalue weighted by Gasteiger charge is 2.63. The molecule has 0 nitrogen and oxygen atoms in total. The Bertz CT molecular complexity index is 1060. The summed E-state index contributed by atoms with van der Waals surface area (Å²) in [6, 6.07) is 47.3. The SMILES string of the molecule is c1ccc([P+](C[P+](c2ccccc2)(c2ccccc2)C2CCCC2)(c2ccccc2)C2CCCC2)cc1. The zero-order valence-corrected chi connectivity index (χ0v) is 23.7. The van der Waals surface area contributed by atoms with E-state index in [0.717, 1.165) is 11.3 Å². The Morgan fingerprint density at radius 2 is 0.622 bits per heavy atom. The van der Waals surface area contributed by atoms with Crippen LogP contribution < -0.4 is 21.2 Å². The molecular formula is C35H40P2+2. The highest BCUT2D eigenvalue weighted by molar-refractivity contribution is 8.05. The molecule has 0 heterocycles. The Morgan fingerprint density at radius 3 is 0.865 bits per heavy atom. The monoisotopic (exact) mass is 522 g/mol. The Balaban J connectivity index is 1.66. The molecule has 2 aliphatic rings. The fourth-order valence-electron chi connectivity index (χ4n) is 7.52. The zero-order chi connectivity index (χ0) is 25.0. The van der Waals surface area contributed by atoms with E-state index in [-0.39, 0.29) is 0 Å². The molecule has 0 atom stereocenters. The highest BCUT2D eigenvalue weighted by atomic mass is 31.2. The molecule has 0 N–H and O–H groups in total. The number of benzene rings is 4. The highest BCUT2D eigenvalue weighted by Crippen LogP contribution is 2.78. The summed E-state index contributed by atoms with van der Waals surface area (Å²) in [5.74, 6) is 1.34. The van der Waals surface area contributed by atoms with Gasteiger partial charge >= 0.3 is 0 Å². The Morgan fingerprint density at radius 1 is 0.378 bits per heavy atom. The smallest absolute Gasteiger partial charge is 0.0620 e. The fourth-order valence-corrected chi connectivity index (χ4v) is 22.4. The second-order valence-electron chi connectivity index (χ2n) is 11.1. The second kappa shape index (κ2) is 11.2. The first kappa shape index (κ1) is 25.0. The van der Waals surface area contributed by atoms with E-state index in [9.17, 15) is 0 Å². The average molecular weight is 523 g/mol. The first-order chi connectivity index (χ1) is 18.3. The van der Waals surface area contributed by atoms with Gasteiger partial charge in [-0.2, -0.15) is 0 Å². The molecule has 6 rings (SSSR count). The minimum atomic E-state index is -1.70. The van der Waals surface area contributed by atoms with Gasteiger partial charge in [-0.05, 0) is 99.9 Å². The third kappa shape index (κ3) is 4.62. The molecule has 37 heavy (non-hydrogen) atoms. The second-order valence-corrected chi connectivity index (χ2v) is 19.2. The summed E-state index contributed by atoms with van der Waals surface area (Å²) in [7, 11) is -3.41. The van der Waals surface area contributed by atoms with Crippen LogP contribution in [0.15, 0.2) is 121 Å². The fraction of sp³-hybridized carbons (Fsp3) is 0.314. The van der Waals surface area contributed by atoms with Crippen LogP contribution in [-0.2, 0) is 0 Å². The maximum absolute atomic E-state index is 2.50. The molecule has 0 radical (unpaired) electrons. The van der Waals surface area contributed by atoms with Crippen LogP contribution in [0.4, 0.5) is 0 Å². The van der Waals surface area contributed by atoms with E-state index in [4.69, 9.17) is 0 Å². The van der Waals surface area contributed by atoms with Gasteiger partial charge in [-0.1, -0.05) is 72.8 Å². The van der Waals surface area contributed by atoms with Crippen LogP contribution in [0, 0.1) is 0 Å². The van der Waals surface area contributed by atoms with Gasteiger partial charge < -0.3 is 0 Å². The van der Waals surface area contributed by atoms with Crippen LogP contribution in [-0.4, -0.2) is 17.2 Å². The quantitative estimate of drug-likeness (QED) is 0.205. The molecule has 4 aromatic rings. The summed E-state index contributed by atoms with van der Waals surface area (Å²) in [6.07, 6.45) is 11.1. The lowest BCUT2D eigenvalue weighted by molar-refractivity contribution is 0.881. The number of hydrogen-bond donors (Lipinski definition) is 0. The number of hydrogen-bond acceptors (Lipinski definition) is 0. The molecule has 0 saturated heterocycles. The van der Waals surface area contributed by atoms with Crippen LogP contribution in [0.1, 0.15) is 51.4 Å². The zero-order valence-electron chi connectivity index (χ0n) is 22.0. The molecule has 0 aromatic heterocycles. The Labute approximate surface area is 225 Å². The molecule has 0 bridgehead atoms. The predicted octanol–water partition coefficient (Wildman–Crippen LogP) is 8.17. The van der Waals surface area contributed by atoms with E-state index in [2.05, 4.69) is 121 Å². The maximum atomic E-state index is 2.50. The topological polar surface area (TPSA) is 0 Å². The van der Waals surface area contributed by atoms with Crippen LogP contribution in [0.2, 0.25) is 0 Å². The van der Waals surface area contributed by atoms with Crippen molar-refractivity contribution in [1.82, 2.24) is 0 Å². The van der Waals surface area contributed by atoms with Gasteiger partial charge in [-0.15, -0.1) is 0 Å². The van der Waals surface area contributed by atoms with Crippen molar-refractivity contribution in [2.45, 2.75) is 62.7 Å². The molecular weight excluding hydrogens is 482 g/mol. The minimum Gasteiger partial charge on any atom is -0.0620 e. The lowest BCUT2D eigenvalue weighted by Gasteiger charge is -2.40. The average Bonchev–Trinajstić information content (AvgIpc) is 3.72. The lowest BCUT2D eigenvalue weighted by Crippen LogP contribution is -2.40. The molecule has 4 aromatic carbocycles. The van der Waals surface area contributed by atoms with Crippen molar-refractivity contribution in [1.29, 1.82) is 0 Å². The van der Waals surface area contributed by atoms with Crippen LogP contribution in [0.25, 0.3) is 0 Å². The summed E-state index contributed by atoms with van der Waals surface area (Å²) in [6.45, 7) is 0. The molecule has 0 unspecified atom stereocenters. The molecule has 2 heteroatoms. The van der Waals surface area contributed by atoms with Crippen LogP contribution in [0.5, 0.6) is 0 Å². The van der Waals surface area contributed by atoms with Gasteiger partial charge in [-0.25, -0.2) is 0 Å². The van der Waals surface area contributed by atoms with Gasteiger partial charge in [0.1, 0.15) is 35.7 Å². The maximum Gasteiger partial charge on any atom is 0.179 e. The van der Waals surface area contributed by atoms with E-state index in [1.807, 2.05) is 0 Å². The van der Waals surface area contributed by atoms with Crippen molar-refractivity contribution in [3.63, 3.8) is 0 Å². The van der Waals surface area contributed by atoms with Crippen molar-refractivity contribution in [3.8, 4) is 0 Å². The normalized spacial score (nSPS) is 17.3. The van der Waals surface area contributed by atoms with Crippen molar-refractivity contribution < 1.29 is 0 Å². The largest absolute Gasteiger partial charge is 0.179 e. The van der Waals surface area contributed by atoms with Crippen LogP contribution in [0.3, 0.4) is 0 Å². The van der Waals surface area contributed by atoms with Gasteiger partial charge in [0.2, 0.25) is 0 Å². The molecule has 0 spiro atoms. The number of rotatable bonds is 8. The van der Waals surface area contributed by atoms with E-state index < -0.39 is 14.5 Å². The minimum absolute atomic E-state index is 0.783. The summed E-state index contributed by atoms with van der Waals surface area (Å²) < 4.78 is 0. The van der Waals surface area contributed by atoms with Gasteiger partial charge in [0.15, 0.2) is 5.90 Å². The summed E-state index contributed by atoms with van der Waals surface area (Å²) in [5, 5.41) is 6.56. The molecule has 2 saturated carbocycles. The lowest BCUT2D eigenvalue weighted by atomic mass is 10.3. The molecule has 2 fully saturated rings. The van der Waals surface area contributed by atoms with Gasteiger partial charge in [0.25, 0.3) is 0 Å². The van der Waals surface area contributed by atoms with Gasteiger partial charge in [0, 0.05) is 0 Å². The van der Waals surface area contributed by atoms with E-state index in [1.165, 1.54) is 57.3 Å². The third-order valence-corrected chi connectivity index (χ3v) is 21.2. The third-order valence-electron chi connectivity index (χ3n) is 9.21. The first-order valence-electron chi connectivity index (χ1n) is 14.3. The van der Waals surface area contributed by atoms with E-state index in [1.54, 1.807) is 21.2 Å². The van der Waals surface area contributed by atoms with Crippen molar-refractivity contribution >= 4 is 35.7 Å². The van der Waals surface area contributed by atoms with E-state index >= 15 is 0 Å². The van der Waals surface area contributed by atoms with Crippen molar-refractivity contribution in [2.75, 3.05) is 5.90 Å². The predicted molar refractivity (Wildman–Crippen MR) is 168 cm³/mol. The van der Waals surface area contributed by atoms with Gasteiger partial charge in [0.05, 0.1) is 11.3 Å². The Hall–Kier alpha value is -2.26. The summed E-state index contributed by atoms with van der Waals surface area (Å²) in [4.78, 5) is 0. The molecule has 2 aliphatic carbocycles. The molecule has 0 aliphatic heterocycles. The summed E-state index contributed by atoms with van der Waals surface area (Å²) in [5.41, 5.74) is 1.57. The van der Waals surface area contributed by atoms with E-state index in [0.29, 0.717) is 0 Å².